The van der Waals surface area contributed by atoms with Crippen molar-refractivity contribution in [2.75, 3.05) is 0 Å². The topological polar surface area (TPSA) is 29.5 Å². The van der Waals surface area contributed by atoms with Crippen LogP contribution in [0, 0.1) is 6.92 Å². The van der Waals surface area contributed by atoms with Gasteiger partial charge in [0.15, 0.2) is 0 Å². The summed E-state index contributed by atoms with van der Waals surface area (Å²) in [7, 11) is 0. The highest BCUT2D eigenvalue weighted by atomic mass is 79.9. The van der Waals surface area contributed by atoms with Crippen molar-refractivity contribution in [1.82, 2.24) is 0 Å². The molecule has 0 fully saturated rings. The average molecular weight is 321 g/mol. The fourth-order valence-corrected chi connectivity index (χ4v) is 2.28. The molecule has 19 heavy (non-hydrogen) atoms. The molecule has 0 bridgehead atoms. The minimum atomic E-state index is -0.541. The lowest BCUT2D eigenvalue weighted by Crippen LogP contribution is -2.01. The molecule has 0 unspecified atom stereocenters. The number of aliphatic hydroxyl groups is 1. The van der Waals surface area contributed by atoms with Crippen LogP contribution in [0.2, 0.25) is 0 Å². The first-order valence-corrected chi connectivity index (χ1v) is 7.01. The van der Waals surface area contributed by atoms with E-state index in [9.17, 15) is 5.11 Å². The molecule has 0 heterocycles. The Morgan fingerprint density at radius 1 is 1.21 bits per heavy atom. The molecule has 2 aromatic rings. The molecule has 0 radical (unpaired) electrons. The van der Waals surface area contributed by atoms with Gasteiger partial charge in [-0.25, -0.2) is 0 Å². The number of rotatable bonds is 4. The fraction of sp³-hybridized carbons (Fsp3) is 0.250. The van der Waals surface area contributed by atoms with Gasteiger partial charge in [0.2, 0.25) is 0 Å². The number of aryl methyl sites for hydroxylation is 1. The minimum Gasteiger partial charge on any atom is -0.488 e. The predicted octanol–water partition coefficient (Wildman–Crippen LogP) is 4.39. The third-order valence-corrected chi connectivity index (χ3v) is 3.40. The van der Waals surface area contributed by atoms with Crippen molar-refractivity contribution >= 4 is 15.9 Å². The molecule has 100 valence electrons. The van der Waals surface area contributed by atoms with Crippen LogP contribution in [0.5, 0.6) is 5.75 Å². The van der Waals surface area contributed by atoms with Gasteiger partial charge >= 0.3 is 0 Å². The standard InChI is InChI=1S/C16H17BrO2/c1-11-4-3-5-13(8-11)10-19-16-9-14(17)6-7-15(16)12(2)18/h3-9,12,18H,10H2,1-2H3/t12-/m0/s1. The molecule has 0 amide bonds. The van der Waals surface area contributed by atoms with Crippen LogP contribution in [-0.4, -0.2) is 5.11 Å². The van der Waals surface area contributed by atoms with Gasteiger partial charge in [0, 0.05) is 10.0 Å². The summed E-state index contributed by atoms with van der Waals surface area (Å²) in [4.78, 5) is 0. The summed E-state index contributed by atoms with van der Waals surface area (Å²) in [5, 5.41) is 9.74. The van der Waals surface area contributed by atoms with E-state index in [1.54, 1.807) is 6.92 Å². The van der Waals surface area contributed by atoms with E-state index in [0.717, 1.165) is 15.6 Å². The lowest BCUT2D eigenvalue weighted by atomic mass is 10.1. The van der Waals surface area contributed by atoms with Crippen LogP contribution >= 0.6 is 15.9 Å². The number of benzene rings is 2. The highest BCUT2D eigenvalue weighted by Gasteiger charge is 2.09. The largest absolute Gasteiger partial charge is 0.488 e. The Hall–Kier alpha value is -1.32. The molecule has 0 aliphatic carbocycles. The predicted molar refractivity (Wildman–Crippen MR) is 80.3 cm³/mol. The van der Waals surface area contributed by atoms with Crippen molar-refractivity contribution in [2.45, 2.75) is 26.6 Å². The Kier molecular flexibility index (Phi) is 4.61. The highest BCUT2D eigenvalue weighted by Crippen LogP contribution is 2.29. The molecule has 2 rings (SSSR count). The van der Waals surface area contributed by atoms with Crippen LogP contribution in [0.4, 0.5) is 0 Å². The number of ether oxygens (including phenoxy) is 1. The van der Waals surface area contributed by atoms with E-state index in [2.05, 4.69) is 35.0 Å². The molecular weight excluding hydrogens is 304 g/mol. The SMILES string of the molecule is Cc1cccc(COc2cc(Br)ccc2[C@H](C)O)c1. The first-order chi connectivity index (χ1) is 9.06. The molecule has 0 saturated carbocycles. The van der Waals surface area contributed by atoms with Crippen molar-refractivity contribution in [3.05, 3.63) is 63.6 Å². The Balaban J connectivity index is 2.17. The molecular formula is C16H17BrO2. The number of halogens is 1. The van der Waals surface area contributed by atoms with Gasteiger partial charge in [0.25, 0.3) is 0 Å². The minimum absolute atomic E-state index is 0.498. The first-order valence-electron chi connectivity index (χ1n) is 6.22. The van der Waals surface area contributed by atoms with Gasteiger partial charge < -0.3 is 9.84 Å². The lowest BCUT2D eigenvalue weighted by molar-refractivity contribution is 0.190. The van der Waals surface area contributed by atoms with Gasteiger partial charge in [0.05, 0.1) is 6.10 Å². The summed E-state index contributed by atoms with van der Waals surface area (Å²) < 4.78 is 6.77. The Bertz CT molecular complexity index is 564. The van der Waals surface area contributed by atoms with E-state index in [4.69, 9.17) is 4.74 Å². The van der Waals surface area contributed by atoms with Crippen LogP contribution in [0.3, 0.4) is 0 Å². The molecule has 1 atom stereocenters. The molecule has 0 saturated heterocycles. The Labute approximate surface area is 122 Å². The summed E-state index contributed by atoms with van der Waals surface area (Å²) in [5.74, 6) is 0.714. The van der Waals surface area contributed by atoms with Crippen molar-refractivity contribution in [1.29, 1.82) is 0 Å². The summed E-state index contributed by atoms with van der Waals surface area (Å²) >= 11 is 3.42. The number of hydrogen-bond acceptors (Lipinski definition) is 2. The molecule has 3 heteroatoms. The maximum atomic E-state index is 9.74. The lowest BCUT2D eigenvalue weighted by Gasteiger charge is -2.14. The maximum Gasteiger partial charge on any atom is 0.126 e. The van der Waals surface area contributed by atoms with Gasteiger partial charge in [-0.3, -0.25) is 0 Å². The van der Waals surface area contributed by atoms with E-state index in [1.807, 2.05) is 30.3 Å². The van der Waals surface area contributed by atoms with Gasteiger partial charge in [-0.1, -0.05) is 51.8 Å². The van der Waals surface area contributed by atoms with Crippen molar-refractivity contribution in [3.8, 4) is 5.75 Å². The molecule has 0 aromatic heterocycles. The molecule has 2 aromatic carbocycles. The molecule has 0 aliphatic rings. The van der Waals surface area contributed by atoms with E-state index in [0.29, 0.717) is 12.4 Å². The quantitative estimate of drug-likeness (QED) is 0.905. The first kappa shape index (κ1) is 14.1. The van der Waals surface area contributed by atoms with E-state index < -0.39 is 6.10 Å². The summed E-state index contributed by atoms with van der Waals surface area (Å²) in [5.41, 5.74) is 3.14. The molecule has 0 spiro atoms. The summed E-state index contributed by atoms with van der Waals surface area (Å²) in [6, 6.07) is 13.9. The van der Waals surface area contributed by atoms with Crippen molar-refractivity contribution in [3.63, 3.8) is 0 Å². The van der Waals surface area contributed by atoms with E-state index >= 15 is 0 Å². The third kappa shape index (κ3) is 3.82. The monoisotopic (exact) mass is 320 g/mol. The van der Waals surface area contributed by atoms with Crippen LogP contribution in [0.15, 0.2) is 46.9 Å². The summed E-state index contributed by atoms with van der Waals surface area (Å²) in [6.45, 7) is 4.30. The van der Waals surface area contributed by atoms with Gasteiger partial charge in [-0.2, -0.15) is 0 Å². The smallest absolute Gasteiger partial charge is 0.126 e. The highest BCUT2D eigenvalue weighted by molar-refractivity contribution is 9.10. The number of hydrogen-bond donors (Lipinski definition) is 1. The third-order valence-electron chi connectivity index (χ3n) is 2.90. The van der Waals surface area contributed by atoms with Crippen LogP contribution in [0.25, 0.3) is 0 Å². The van der Waals surface area contributed by atoms with E-state index in [-0.39, 0.29) is 0 Å². The fourth-order valence-electron chi connectivity index (χ4n) is 1.94. The molecule has 1 N–H and O–H groups in total. The van der Waals surface area contributed by atoms with Gasteiger partial charge in [-0.05, 0) is 31.5 Å². The second-order valence-electron chi connectivity index (χ2n) is 4.64. The van der Waals surface area contributed by atoms with Crippen molar-refractivity contribution in [2.24, 2.45) is 0 Å². The zero-order valence-corrected chi connectivity index (χ0v) is 12.6. The Morgan fingerprint density at radius 2 is 2.00 bits per heavy atom. The van der Waals surface area contributed by atoms with Crippen LogP contribution in [0.1, 0.15) is 29.7 Å². The van der Waals surface area contributed by atoms with Gasteiger partial charge in [-0.15, -0.1) is 0 Å². The van der Waals surface area contributed by atoms with Gasteiger partial charge in [0.1, 0.15) is 12.4 Å². The maximum absolute atomic E-state index is 9.74. The molecule has 0 aliphatic heterocycles. The second-order valence-corrected chi connectivity index (χ2v) is 5.55. The van der Waals surface area contributed by atoms with Crippen LogP contribution < -0.4 is 4.74 Å². The zero-order chi connectivity index (χ0) is 13.8. The normalized spacial score (nSPS) is 12.2. The zero-order valence-electron chi connectivity index (χ0n) is 11.1. The second kappa shape index (κ2) is 6.22. The molecule has 2 nitrogen and oxygen atoms in total. The van der Waals surface area contributed by atoms with Crippen LogP contribution in [-0.2, 0) is 6.61 Å². The summed E-state index contributed by atoms with van der Waals surface area (Å²) in [6.07, 6.45) is -0.541. The Morgan fingerprint density at radius 3 is 2.68 bits per heavy atom. The van der Waals surface area contributed by atoms with E-state index in [1.165, 1.54) is 5.56 Å². The average Bonchev–Trinajstić information content (AvgIpc) is 2.36. The number of aliphatic hydroxyl groups excluding tert-OH is 1. The van der Waals surface area contributed by atoms with Crippen molar-refractivity contribution < 1.29 is 9.84 Å².